The second-order valence-corrected chi connectivity index (χ2v) is 11.6. The van der Waals surface area contributed by atoms with Crippen LogP contribution >= 0.6 is 0 Å². The van der Waals surface area contributed by atoms with Crippen LogP contribution in [0.2, 0.25) is 0 Å². The highest BCUT2D eigenvalue weighted by Gasteiger charge is 2.29. The number of rotatable bonds is 11. The number of hydrogen-bond donors (Lipinski definition) is 1. The number of nitrogens with one attached hydrogen (secondary N) is 1. The quantitative estimate of drug-likeness (QED) is 0.174. The van der Waals surface area contributed by atoms with Crippen LogP contribution in [0.4, 0.5) is 24.5 Å². The van der Waals surface area contributed by atoms with Crippen molar-refractivity contribution in [1.29, 1.82) is 0 Å². The van der Waals surface area contributed by atoms with Gasteiger partial charge in [0.25, 0.3) is 5.69 Å². The molecule has 9 nitrogen and oxygen atoms in total. The Balaban J connectivity index is 1.76. The number of ether oxygens (including phenoxy) is 3. The number of methoxy groups -OCH3 is 2. The number of benzene rings is 3. The van der Waals surface area contributed by atoms with Gasteiger partial charge in [-0.15, -0.1) is 0 Å². The van der Waals surface area contributed by atoms with E-state index in [1.54, 1.807) is 6.07 Å². The van der Waals surface area contributed by atoms with Gasteiger partial charge in [-0.3, -0.25) is 10.1 Å². The zero-order chi connectivity index (χ0) is 31.5. The molecule has 1 aliphatic rings. The number of anilines is 1. The summed E-state index contributed by atoms with van der Waals surface area (Å²) in [5.41, 5.74) is 4.29. The van der Waals surface area contributed by atoms with E-state index in [1.165, 1.54) is 44.6 Å². The number of hydrogen-bond acceptors (Lipinski definition) is 8. The summed E-state index contributed by atoms with van der Waals surface area (Å²) in [5.74, 6) is 0.211. The van der Waals surface area contributed by atoms with Gasteiger partial charge in [0.1, 0.15) is 18.1 Å². The van der Waals surface area contributed by atoms with Crippen LogP contribution in [0, 0.1) is 10.1 Å². The van der Waals surface area contributed by atoms with Crippen molar-refractivity contribution in [3.8, 4) is 34.1 Å². The van der Waals surface area contributed by atoms with E-state index in [4.69, 9.17) is 18.4 Å². The summed E-state index contributed by atoms with van der Waals surface area (Å²) in [5, 5.41) is 14.9. The fraction of sp³-hybridized carbons (Fsp3) is 0.333. The predicted molar refractivity (Wildman–Crippen MR) is 158 cm³/mol. The Hall–Kier alpha value is -4.26. The smallest absolute Gasteiger partial charge is 0.390 e. The highest BCUT2D eigenvalue weighted by molar-refractivity contribution is 7.80. The second kappa shape index (κ2) is 12.5. The summed E-state index contributed by atoms with van der Waals surface area (Å²) in [4.78, 5) is 10.9. The first-order valence-corrected chi connectivity index (χ1v) is 14.4. The van der Waals surface area contributed by atoms with Crippen molar-refractivity contribution in [2.45, 2.75) is 45.5 Å². The van der Waals surface area contributed by atoms with Gasteiger partial charge in [-0.25, -0.2) is 4.21 Å². The van der Waals surface area contributed by atoms with Crippen LogP contribution in [0.25, 0.3) is 16.7 Å². The molecule has 0 amide bonds. The lowest BCUT2D eigenvalue weighted by Crippen LogP contribution is -2.32. The van der Waals surface area contributed by atoms with Gasteiger partial charge in [0.05, 0.1) is 42.9 Å². The van der Waals surface area contributed by atoms with Gasteiger partial charge >= 0.3 is 6.18 Å². The normalized spacial score (nSPS) is 14.6. The van der Waals surface area contributed by atoms with Crippen LogP contribution in [-0.4, -0.2) is 40.8 Å². The molecule has 43 heavy (non-hydrogen) atoms. The fourth-order valence-corrected chi connectivity index (χ4v) is 5.74. The Morgan fingerprint density at radius 2 is 1.67 bits per heavy atom. The van der Waals surface area contributed by atoms with Gasteiger partial charge in [-0.05, 0) is 56.2 Å². The van der Waals surface area contributed by atoms with Crippen LogP contribution in [0.3, 0.4) is 0 Å². The molecule has 0 fully saturated rings. The molecule has 0 saturated heterocycles. The molecule has 230 valence electrons. The van der Waals surface area contributed by atoms with Gasteiger partial charge in [0.15, 0.2) is 11.5 Å². The number of nitro benzene ring substituents is 1. The molecule has 1 N–H and O–H groups in total. The summed E-state index contributed by atoms with van der Waals surface area (Å²) in [6, 6.07) is 12.5. The van der Waals surface area contributed by atoms with Crippen molar-refractivity contribution in [2.75, 3.05) is 25.3 Å². The number of allylic oxidation sites excluding steroid dienone is 1. The van der Waals surface area contributed by atoms with Crippen molar-refractivity contribution >= 4 is 28.0 Å². The van der Waals surface area contributed by atoms with Crippen LogP contribution in [0.5, 0.6) is 23.0 Å². The standard InChI is InChI=1S/C30H31F3N2O7S/c1-18-16-29(2,3)34-24-10-9-21(22-8-7-20(15-26(22)40-5)42-43(38)13-12-30(31,32)33)23(28(18)24)17-41-27-14-19(35(36)37)6-11-25(27)39-4/h6-11,14-16,34H,12-13,17H2,1-5H3. The maximum Gasteiger partial charge on any atom is 0.390 e. The molecule has 1 heterocycles. The lowest BCUT2D eigenvalue weighted by Gasteiger charge is -2.33. The lowest BCUT2D eigenvalue weighted by atomic mass is 9.85. The molecule has 1 aliphatic heterocycles. The van der Waals surface area contributed by atoms with Crippen molar-refractivity contribution in [3.63, 3.8) is 0 Å². The summed E-state index contributed by atoms with van der Waals surface area (Å²) >= 11 is -2.20. The van der Waals surface area contributed by atoms with Gasteiger partial charge < -0.3 is 23.7 Å². The Bertz CT molecular complexity index is 1590. The minimum atomic E-state index is -4.45. The fourth-order valence-electron chi connectivity index (χ4n) is 4.94. The zero-order valence-corrected chi connectivity index (χ0v) is 25.0. The first-order chi connectivity index (χ1) is 20.2. The van der Waals surface area contributed by atoms with Crippen LogP contribution in [0.1, 0.15) is 38.3 Å². The van der Waals surface area contributed by atoms with Gasteiger partial charge in [0.2, 0.25) is 11.1 Å². The first kappa shape index (κ1) is 31.7. The van der Waals surface area contributed by atoms with E-state index in [1.807, 2.05) is 32.9 Å². The predicted octanol–water partition coefficient (Wildman–Crippen LogP) is 7.46. The molecular formula is C30H31F3N2O7S. The lowest BCUT2D eigenvalue weighted by molar-refractivity contribution is -0.385. The van der Waals surface area contributed by atoms with E-state index in [0.717, 1.165) is 22.4 Å². The van der Waals surface area contributed by atoms with E-state index in [0.29, 0.717) is 22.6 Å². The van der Waals surface area contributed by atoms with E-state index < -0.39 is 34.4 Å². The second-order valence-electron chi connectivity index (χ2n) is 10.4. The maximum atomic E-state index is 12.5. The molecule has 4 rings (SSSR count). The average Bonchev–Trinajstić information content (AvgIpc) is 2.93. The molecule has 0 bridgehead atoms. The molecule has 0 spiro atoms. The molecule has 0 aromatic heterocycles. The highest BCUT2D eigenvalue weighted by atomic mass is 32.2. The zero-order valence-electron chi connectivity index (χ0n) is 24.2. The van der Waals surface area contributed by atoms with Crippen LogP contribution < -0.4 is 23.7 Å². The minimum absolute atomic E-state index is 0.00775. The van der Waals surface area contributed by atoms with Crippen molar-refractivity contribution < 1.29 is 40.7 Å². The molecule has 3 aromatic carbocycles. The largest absolute Gasteiger partial charge is 0.496 e. The highest BCUT2D eigenvalue weighted by Crippen LogP contribution is 2.44. The molecular weight excluding hydrogens is 589 g/mol. The Morgan fingerprint density at radius 1 is 0.977 bits per heavy atom. The third-order valence-electron chi connectivity index (χ3n) is 6.68. The maximum absolute atomic E-state index is 12.5. The van der Waals surface area contributed by atoms with Crippen molar-refractivity contribution in [3.05, 3.63) is 75.8 Å². The van der Waals surface area contributed by atoms with Crippen LogP contribution in [0.15, 0.2) is 54.6 Å². The first-order valence-electron chi connectivity index (χ1n) is 13.1. The van der Waals surface area contributed by atoms with Gasteiger partial charge in [0, 0.05) is 34.5 Å². The molecule has 0 saturated carbocycles. The molecule has 0 radical (unpaired) electrons. The monoisotopic (exact) mass is 620 g/mol. The third-order valence-corrected chi connectivity index (χ3v) is 7.59. The van der Waals surface area contributed by atoms with Crippen molar-refractivity contribution in [1.82, 2.24) is 0 Å². The van der Waals surface area contributed by atoms with E-state index in [2.05, 4.69) is 11.4 Å². The SMILES string of the molecule is COc1ccc([N+](=O)[O-])cc1OCc1c(-c2ccc(OS(=O)CCC(F)(F)F)cc2OC)ccc2c1C(C)=CC(C)(C)N2. The summed E-state index contributed by atoms with van der Waals surface area (Å²) in [6.07, 6.45) is -3.60. The molecule has 1 atom stereocenters. The average molecular weight is 621 g/mol. The Labute approximate surface area is 249 Å². The van der Waals surface area contributed by atoms with Crippen LogP contribution in [-0.2, 0) is 17.7 Å². The number of halogens is 3. The topological polar surface area (TPSA) is 109 Å². The third kappa shape index (κ3) is 7.58. The number of fused-ring (bicyclic) bond motifs is 1. The summed E-state index contributed by atoms with van der Waals surface area (Å²) < 4.78 is 72.1. The molecule has 3 aromatic rings. The van der Waals surface area contributed by atoms with E-state index in [-0.39, 0.29) is 29.3 Å². The number of nitro groups is 1. The molecule has 1 unspecified atom stereocenters. The van der Waals surface area contributed by atoms with E-state index in [9.17, 15) is 27.5 Å². The van der Waals surface area contributed by atoms with Crippen molar-refractivity contribution in [2.24, 2.45) is 0 Å². The number of nitrogens with zero attached hydrogens (tertiary/aromatic N) is 1. The summed E-state index contributed by atoms with van der Waals surface area (Å²) in [6.45, 7) is 6.05. The number of non-ortho nitro benzene ring substituents is 1. The Kier molecular flexibility index (Phi) is 9.24. The Morgan fingerprint density at radius 3 is 2.33 bits per heavy atom. The van der Waals surface area contributed by atoms with Gasteiger partial charge in [-0.1, -0.05) is 12.1 Å². The van der Waals surface area contributed by atoms with E-state index >= 15 is 0 Å². The minimum Gasteiger partial charge on any atom is -0.496 e. The van der Waals surface area contributed by atoms with Gasteiger partial charge in [-0.2, -0.15) is 13.2 Å². The molecule has 13 heteroatoms. The summed E-state index contributed by atoms with van der Waals surface area (Å²) in [7, 11) is 2.87. The molecule has 0 aliphatic carbocycles. The number of alkyl halides is 3.